The number of rotatable bonds is 3. The Morgan fingerprint density at radius 2 is 1.92 bits per heavy atom. The number of ether oxygens (including phenoxy) is 1. The van der Waals surface area contributed by atoms with Crippen LogP contribution < -0.4 is 0 Å². The predicted molar refractivity (Wildman–Crippen MR) is 98.7 cm³/mol. The highest BCUT2D eigenvalue weighted by Crippen LogP contribution is 2.35. The lowest BCUT2D eigenvalue weighted by atomic mass is 9.75. The molecule has 0 amide bonds. The molecule has 0 spiro atoms. The lowest BCUT2D eigenvalue weighted by Gasteiger charge is -2.36. The minimum atomic E-state index is -0.223. The van der Waals surface area contributed by atoms with Gasteiger partial charge < -0.3 is 4.74 Å². The Balaban J connectivity index is 2.05. The van der Waals surface area contributed by atoms with Crippen molar-refractivity contribution in [1.82, 2.24) is 0 Å². The topological polar surface area (TPSA) is 26.3 Å². The standard InChI is InChI=1S/C22H28O2/c1-15(2)6-8-18-9-11-19(12-10-18)22(23)24-21-14-17(5)7-13-20(21)16(3)4/h9-12,16-17,20-21H,1,7,13-14H2,2-5H3/t17-,20+,21-/m1/s1. The summed E-state index contributed by atoms with van der Waals surface area (Å²) in [6.45, 7) is 12.3. The summed E-state index contributed by atoms with van der Waals surface area (Å²) in [6, 6.07) is 7.30. The zero-order valence-corrected chi connectivity index (χ0v) is 15.3. The molecule has 0 N–H and O–H groups in total. The van der Waals surface area contributed by atoms with Gasteiger partial charge in [-0.2, -0.15) is 0 Å². The maximum Gasteiger partial charge on any atom is 0.338 e. The van der Waals surface area contributed by atoms with Crippen LogP contribution in [0.2, 0.25) is 0 Å². The van der Waals surface area contributed by atoms with Gasteiger partial charge in [-0.15, -0.1) is 0 Å². The van der Waals surface area contributed by atoms with Crippen LogP contribution in [0, 0.1) is 29.6 Å². The molecule has 1 aromatic carbocycles. The fraction of sp³-hybridized carbons (Fsp3) is 0.500. The molecule has 0 unspecified atom stereocenters. The number of benzene rings is 1. The highest BCUT2D eigenvalue weighted by Gasteiger charge is 2.33. The first-order chi connectivity index (χ1) is 11.4. The molecular formula is C22H28O2. The summed E-state index contributed by atoms with van der Waals surface area (Å²) < 4.78 is 5.87. The quantitative estimate of drug-likeness (QED) is 0.562. The molecule has 128 valence electrons. The Bertz CT molecular complexity index is 643. The van der Waals surface area contributed by atoms with Gasteiger partial charge in [-0.3, -0.25) is 0 Å². The summed E-state index contributed by atoms with van der Waals surface area (Å²) in [5.74, 6) is 7.36. The van der Waals surface area contributed by atoms with Crippen LogP contribution in [0.15, 0.2) is 36.4 Å². The number of carbonyl (C=O) groups is 1. The van der Waals surface area contributed by atoms with Gasteiger partial charge >= 0.3 is 5.97 Å². The van der Waals surface area contributed by atoms with Gasteiger partial charge in [0.25, 0.3) is 0 Å². The summed E-state index contributed by atoms with van der Waals surface area (Å²) in [5, 5.41) is 0. The zero-order chi connectivity index (χ0) is 17.7. The number of carbonyl (C=O) groups excluding carboxylic acids is 1. The molecule has 0 saturated heterocycles. The van der Waals surface area contributed by atoms with Crippen LogP contribution in [0.5, 0.6) is 0 Å². The molecule has 3 atom stereocenters. The van der Waals surface area contributed by atoms with Crippen LogP contribution in [0.3, 0.4) is 0 Å². The maximum absolute atomic E-state index is 12.5. The van der Waals surface area contributed by atoms with E-state index in [9.17, 15) is 4.79 Å². The van der Waals surface area contributed by atoms with Gasteiger partial charge in [0.2, 0.25) is 0 Å². The van der Waals surface area contributed by atoms with Gasteiger partial charge in [-0.05, 0) is 67.4 Å². The Labute approximate surface area is 146 Å². The van der Waals surface area contributed by atoms with Crippen molar-refractivity contribution in [2.24, 2.45) is 17.8 Å². The fourth-order valence-electron chi connectivity index (χ4n) is 3.32. The Hall–Kier alpha value is -2.01. The summed E-state index contributed by atoms with van der Waals surface area (Å²) >= 11 is 0. The molecule has 1 aliphatic carbocycles. The summed E-state index contributed by atoms with van der Waals surface area (Å²) in [6.07, 6.45) is 3.37. The van der Waals surface area contributed by atoms with Crippen LogP contribution in [0.25, 0.3) is 0 Å². The average molecular weight is 324 g/mol. The third kappa shape index (κ3) is 4.99. The van der Waals surface area contributed by atoms with E-state index in [1.54, 1.807) is 12.1 Å². The Morgan fingerprint density at radius 3 is 2.50 bits per heavy atom. The number of esters is 1. The van der Waals surface area contributed by atoms with Crippen LogP contribution >= 0.6 is 0 Å². The van der Waals surface area contributed by atoms with Gasteiger partial charge in [0.15, 0.2) is 0 Å². The molecule has 0 heterocycles. The van der Waals surface area contributed by atoms with E-state index in [0.29, 0.717) is 23.3 Å². The second-order valence-corrected chi connectivity index (χ2v) is 7.38. The molecule has 0 bridgehead atoms. The van der Waals surface area contributed by atoms with Gasteiger partial charge in [-0.25, -0.2) is 4.79 Å². The molecule has 1 saturated carbocycles. The SMILES string of the molecule is C=C(C)C#Cc1ccc(C(=O)O[C@@H]2C[C@H](C)CC[C@H]2C(C)C)cc1. The molecule has 2 rings (SSSR count). The van der Waals surface area contributed by atoms with Crippen molar-refractivity contribution >= 4 is 5.97 Å². The second-order valence-electron chi connectivity index (χ2n) is 7.38. The fourth-order valence-corrected chi connectivity index (χ4v) is 3.32. The van der Waals surface area contributed by atoms with Gasteiger partial charge in [0, 0.05) is 5.56 Å². The van der Waals surface area contributed by atoms with Crippen molar-refractivity contribution < 1.29 is 9.53 Å². The summed E-state index contributed by atoms with van der Waals surface area (Å²) in [7, 11) is 0. The smallest absolute Gasteiger partial charge is 0.338 e. The first-order valence-electron chi connectivity index (χ1n) is 8.85. The molecular weight excluding hydrogens is 296 g/mol. The molecule has 0 aromatic heterocycles. The minimum Gasteiger partial charge on any atom is -0.458 e. The first-order valence-corrected chi connectivity index (χ1v) is 8.85. The Kier molecular flexibility index (Phi) is 6.26. The van der Waals surface area contributed by atoms with Crippen LogP contribution in [-0.2, 0) is 4.74 Å². The molecule has 2 nitrogen and oxygen atoms in total. The lowest BCUT2D eigenvalue weighted by Crippen LogP contribution is -2.35. The van der Waals surface area contributed by atoms with Crippen LogP contribution in [0.4, 0.5) is 0 Å². The largest absolute Gasteiger partial charge is 0.458 e. The minimum absolute atomic E-state index is 0.0316. The van der Waals surface area contributed by atoms with Gasteiger partial charge in [-0.1, -0.05) is 45.6 Å². The molecule has 1 fully saturated rings. The van der Waals surface area contributed by atoms with Gasteiger partial charge in [0.05, 0.1) is 5.56 Å². The van der Waals surface area contributed by atoms with E-state index in [0.717, 1.165) is 24.0 Å². The third-order valence-electron chi connectivity index (χ3n) is 4.76. The van der Waals surface area contributed by atoms with Crippen molar-refractivity contribution in [3.8, 4) is 11.8 Å². The third-order valence-corrected chi connectivity index (χ3v) is 4.76. The monoisotopic (exact) mass is 324 g/mol. The van der Waals surface area contributed by atoms with E-state index < -0.39 is 0 Å². The van der Waals surface area contributed by atoms with E-state index in [-0.39, 0.29) is 12.1 Å². The van der Waals surface area contributed by atoms with E-state index in [4.69, 9.17) is 4.74 Å². The van der Waals surface area contributed by atoms with Crippen LogP contribution in [-0.4, -0.2) is 12.1 Å². The number of allylic oxidation sites excluding steroid dienone is 1. The van der Waals surface area contributed by atoms with E-state index >= 15 is 0 Å². The van der Waals surface area contributed by atoms with Crippen molar-refractivity contribution in [3.63, 3.8) is 0 Å². The molecule has 1 aromatic rings. The van der Waals surface area contributed by atoms with Crippen molar-refractivity contribution in [3.05, 3.63) is 47.5 Å². The van der Waals surface area contributed by atoms with E-state index in [1.165, 1.54) is 6.42 Å². The normalized spacial score (nSPS) is 23.3. The molecule has 2 heteroatoms. The average Bonchev–Trinajstić information content (AvgIpc) is 2.53. The van der Waals surface area contributed by atoms with Gasteiger partial charge in [0.1, 0.15) is 6.10 Å². The lowest BCUT2D eigenvalue weighted by molar-refractivity contribution is -0.0174. The molecule has 24 heavy (non-hydrogen) atoms. The number of hydrogen-bond acceptors (Lipinski definition) is 2. The van der Waals surface area contributed by atoms with Crippen molar-refractivity contribution in [2.75, 3.05) is 0 Å². The maximum atomic E-state index is 12.5. The second kappa shape index (κ2) is 8.20. The van der Waals surface area contributed by atoms with Crippen molar-refractivity contribution in [2.45, 2.75) is 53.1 Å². The Morgan fingerprint density at radius 1 is 1.25 bits per heavy atom. The van der Waals surface area contributed by atoms with E-state index in [2.05, 4.69) is 39.2 Å². The highest BCUT2D eigenvalue weighted by atomic mass is 16.5. The highest BCUT2D eigenvalue weighted by molar-refractivity contribution is 5.89. The zero-order valence-electron chi connectivity index (χ0n) is 15.3. The summed E-state index contributed by atoms with van der Waals surface area (Å²) in [5.41, 5.74) is 2.29. The number of hydrogen-bond donors (Lipinski definition) is 0. The van der Waals surface area contributed by atoms with E-state index in [1.807, 2.05) is 19.1 Å². The predicted octanol–water partition coefficient (Wildman–Crippen LogP) is 5.23. The summed E-state index contributed by atoms with van der Waals surface area (Å²) in [4.78, 5) is 12.5. The molecule has 0 aliphatic heterocycles. The molecule has 0 radical (unpaired) electrons. The first kappa shape index (κ1) is 18.3. The van der Waals surface area contributed by atoms with Crippen LogP contribution in [0.1, 0.15) is 62.9 Å². The van der Waals surface area contributed by atoms with Crippen molar-refractivity contribution in [1.29, 1.82) is 0 Å². The molecule has 1 aliphatic rings.